The number of amides is 4. The summed E-state index contributed by atoms with van der Waals surface area (Å²) in [6.45, 7) is 8.17. The van der Waals surface area contributed by atoms with Gasteiger partial charge in [-0.15, -0.1) is 0 Å². The number of allylic oxidation sites excluding steroid dienone is 2. The molecule has 0 saturated carbocycles. The van der Waals surface area contributed by atoms with Crippen LogP contribution in [0.2, 0.25) is 0 Å². The molecule has 0 unspecified atom stereocenters. The Morgan fingerprint density at radius 2 is 1.68 bits per heavy atom. The Bertz CT molecular complexity index is 931. The lowest BCUT2D eigenvalue weighted by Crippen LogP contribution is -2.51. The lowest BCUT2D eigenvalue weighted by Gasteiger charge is -2.32. The molecule has 1 heterocycles. The second-order valence-electron chi connectivity index (χ2n) is 9.42. The predicted molar refractivity (Wildman–Crippen MR) is 130 cm³/mol. The van der Waals surface area contributed by atoms with Crippen molar-refractivity contribution in [2.75, 3.05) is 6.54 Å². The monoisotopic (exact) mass is 467 g/mol. The van der Waals surface area contributed by atoms with Gasteiger partial charge in [0.2, 0.25) is 23.6 Å². The Labute approximate surface area is 202 Å². The molecule has 34 heavy (non-hydrogen) atoms. The molecule has 4 amide bonds. The Kier molecular flexibility index (Phi) is 8.64. The SMILES string of the molecule is CC[C@@H](C)NC(=O)[C@@H](CC)N(Cc1ccccc1C)C(=O)CCN1C(=O)[C@H]2CC=CC[C@H]2C1=O. The molecule has 0 spiro atoms. The maximum absolute atomic E-state index is 13.5. The van der Waals surface area contributed by atoms with Crippen molar-refractivity contribution in [1.29, 1.82) is 0 Å². The van der Waals surface area contributed by atoms with Crippen molar-refractivity contribution in [3.05, 3.63) is 47.5 Å². The number of aryl methyl sites for hydroxylation is 1. The van der Waals surface area contributed by atoms with Gasteiger partial charge in [-0.3, -0.25) is 24.1 Å². The largest absolute Gasteiger partial charge is 0.352 e. The van der Waals surface area contributed by atoms with Gasteiger partial charge in [0.15, 0.2) is 0 Å². The van der Waals surface area contributed by atoms with E-state index in [1.54, 1.807) is 4.90 Å². The summed E-state index contributed by atoms with van der Waals surface area (Å²) in [6, 6.07) is 7.18. The highest BCUT2D eigenvalue weighted by Gasteiger charge is 2.47. The Balaban J connectivity index is 1.77. The van der Waals surface area contributed by atoms with Crippen LogP contribution in [-0.4, -0.2) is 52.1 Å². The van der Waals surface area contributed by atoms with Crippen LogP contribution in [0, 0.1) is 18.8 Å². The first-order chi connectivity index (χ1) is 16.3. The fourth-order valence-electron chi connectivity index (χ4n) is 4.77. The van der Waals surface area contributed by atoms with E-state index in [4.69, 9.17) is 0 Å². The zero-order valence-electron chi connectivity index (χ0n) is 20.8. The van der Waals surface area contributed by atoms with Crippen molar-refractivity contribution in [2.45, 2.75) is 78.4 Å². The van der Waals surface area contributed by atoms with Crippen molar-refractivity contribution in [3.63, 3.8) is 0 Å². The summed E-state index contributed by atoms with van der Waals surface area (Å²) >= 11 is 0. The summed E-state index contributed by atoms with van der Waals surface area (Å²) < 4.78 is 0. The molecule has 1 aliphatic carbocycles. The van der Waals surface area contributed by atoms with E-state index >= 15 is 0 Å². The summed E-state index contributed by atoms with van der Waals surface area (Å²) in [4.78, 5) is 55.0. The van der Waals surface area contributed by atoms with Crippen LogP contribution in [0.15, 0.2) is 36.4 Å². The van der Waals surface area contributed by atoms with Crippen LogP contribution in [0.3, 0.4) is 0 Å². The van der Waals surface area contributed by atoms with E-state index in [2.05, 4.69) is 5.32 Å². The number of carbonyl (C=O) groups is 4. The smallest absolute Gasteiger partial charge is 0.243 e. The molecule has 1 fully saturated rings. The van der Waals surface area contributed by atoms with Gasteiger partial charge in [-0.2, -0.15) is 0 Å². The summed E-state index contributed by atoms with van der Waals surface area (Å²) in [5, 5.41) is 3.00. The number of benzene rings is 1. The van der Waals surface area contributed by atoms with Crippen molar-refractivity contribution < 1.29 is 19.2 Å². The maximum Gasteiger partial charge on any atom is 0.243 e. The second-order valence-corrected chi connectivity index (χ2v) is 9.42. The average Bonchev–Trinajstić information content (AvgIpc) is 3.08. The van der Waals surface area contributed by atoms with E-state index in [1.165, 1.54) is 4.90 Å². The zero-order valence-corrected chi connectivity index (χ0v) is 20.8. The highest BCUT2D eigenvalue weighted by Crippen LogP contribution is 2.35. The Morgan fingerprint density at radius 3 is 2.24 bits per heavy atom. The third-order valence-corrected chi connectivity index (χ3v) is 7.14. The van der Waals surface area contributed by atoms with Gasteiger partial charge in [-0.25, -0.2) is 0 Å². The molecule has 184 valence electrons. The molecule has 1 aromatic carbocycles. The number of hydrogen-bond donors (Lipinski definition) is 1. The number of carbonyl (C=O) groups excluding carboxylic acids is 4. The molecule has 0 bridgehead atoms. The van der Waals surface area contributed by atoms with Gasteiger partial charge in [0.05, 0.1) is 11.8 Å². The number of nitrogens with one attached hydrogen (secondary N) is 1. The first-order valence-corrected chi connectivity index (χ1v) is 12.4. The van der Waals surface area contributed by atoms with Gasteiger partial charge in [-0.05, 0) is 50.7 Å². The van der Waals surface area contributed by atoms with Crippen molar-refractivity contribution >= 4 is 23.6 Å². The minimum absolute atomic E-state index is 0.00331. The summed E-state index contributed by atoms with van der Waals surface area (Å²) in [6.07, 6.45) is 6.32. The molecular weight excluding hydrogens is 430 g/mol. The van der Waals surface area contributed by atoms with Crippen LogP contribution in [0.25, 0.3) is 0 Å². The van der Waals surface area contributed by atoms with Crippen LogP contribution in [0.1, 0.15) is 64.0 Å². The van der Waals surface area contributed by atoms with Crippen molar-refractivity contribution in [1.82, 2.24) is 15.1 Å². The standard InChI is InChI=1S/C27H37N3O4/c1-5-19(4)28-25(32)23(6-2)30(17-20-12-8-7-11-18(20)3)24(31)15-16-29-26(33)21-13-9-10-14-22(21)27(29)34/h7-12,19,21-23H,5-6,13-17H2,1-4H3,(H,28,32)/t19-,21-,22+,23-/m1/s1. The van der Waals surface area contributed by atoms with E-state index in [0.717, 1.165) is 17.5 Å². The normalized spacial score (nSPS) is 21.2. The Morgan fingerprint density at radius 1 is 1.06 bits per heavy atom. The van der Waals surface area contributed by atoms with E-state index in [1.807, 2.05) is 64.1 Å². The number of fused-ring (bicyclic) bond motifs is 1. The molecule has 2 aliphatic rings. The second kappa shape index (κ2) is 11.4. The third kappa shape index (κ3) is 5.57. The van der Waals surface area contributed by atoms with Crippen LogP contribution in [-0.2, 0) is 25.7 Å². The number of likely N-dealkylation sites (tertiary alicyclic amines) is 1. The molecule has 1 N–H and O–H groups in total. The molecule has 1 saturated heterocycles. The molecule has 7 heteroatoms. The fourth-order valence-corrected chi connectivity index (χ4v) is 4.77. The summed E-state index contributed by atoms with van der Waals surface area (Å²) in [5.74, 6) is -1.38. The number of imide groups is 1. The van der Waals surface area contributed by atoms with Gasteiger partial charge in [0.25, 0.3) is 0 Å². The Hall–Kier alpha value is -2.96. The molecule has 7 nitrogen and oxygen atoms in total. The molecule has 1 aromatic rings. The van der Waals surface area contributed by atoms with E-state index < -0.39 is 6.04 Å². The molecule has 4 atom stereocenters. The molecule has 0 aromatic heterocycles. The van der Waals surface area contributed by atoms with Crippen LogP contribution in [0.5, 0.6) is 0 Å². The lowest BCUT2D eigenvalue weighted by molar-refractivity contribution is -0.144. The average molecular weight is 468 g/mol. The number of nitrogens with zero attached hydrogens (tertiary/aromatic N) is 2. The van der Waals surface area contributed by atoms with Crippen LogP contribution >= 0.6 is 0 Å². The first-order valence-electron chi connectivity index (χ1n) is 12.4. The molecule has 0 radical (unpaired) electrons. The minimum Gasteiger partial charge on any atom is -0.352 e. The van der Waals surface area contributed by atoms with Gasteiger partial charge in [0, 0.05) is 25.6 Å². The maximum atomic E-state index is 13.5. The number of rotatable bonds is 10. The fraction of sp³-hybridized carbons (Fsp3) is 0.556. The van der Waals surface area contributed by atoms with Gasteiger partial charge < -0.3 is 10.2 Å². The van der Waals surface area contributed by atoms with E-state index in [0.29, 0.717) is 25.8 Å². The predicted octanol–water partition coefficient (Wildman–Crippen LogP) is 3.36. The zero-order chi connectivity index (χ0) is 24.8. The van der Waals surface area contributed by atoms with Gasteiger partial charge in [0.1, 0.15) is 6.04 Å². The van der Waals surface area contributed by atoms with Crippen molar-refractivity contribution in [2.24, 2.45) is 11.8 Å². The first kappa shape index (κ1) is 25.7. The minimum atomic E-state index is -0.627. The summed E-state index contributed by atoms with van der Waals surface area (Å²) in [7, 11) is 0. The molecule has 3 rings (SSSR count). The highest BCUT2D eigenvalue weighted by molar-refractivity contribution is 6.05. The van der Waals surface area contributed by atoms with Crippen LogP contribution in [0.4, 0.5) is 0 Å². The van der Waals surface area contributed by atoms with E-state index in [9.17, 15) is 19.2 Å². The van der Waals surface area contributed by atoms with Crippen molar-refractivity contribution in [3.8, 4) is 0 Å². The topological polar surface area (TPSA) is 86.8 Å². The number of hydrogen-bond acceptors (Lipinski definition) is 4. The molecular formula is C27H37N3O4. The third-order valence-electron chi connectivity index (χ3n) is 7.14. The summed E-state index contributed by atoms with van der Waals surface area (Å²) in [5.41, 5.74) is 2.01. The quantitative estimate of drug-likeness (QED) is 0.422. The van der Waals surface area contributed by atoms with Gasteiger partial charge in [-0.1, -0.05) is 50.3 Å². The highest BCUT2D eigenvalue weighted by atomic mass is 16.2. The molecule has 1 aliphatic heterocycles. The van der Waals surface area contributed by atoms with Gasteiger partial charge >= 0.3 is 0 Å². The van der Waals surface area contributed by atoms with E-state index in [-0.39, 0.29) is 54.5 Å². The van der Waals surface area contributed by atoms with Crippen LogP contribution < -0.4 is 5.32 Å². The lowest BCUT2D eigenvalue weighted by atomic mass is 9.85.